The van der Waals surface area contributed by atoms with Crippen molar-refractivity contribution < 1.29 is 13.2 Å². The molecular formula is C13H24O3S. The number of hydrogen-bond donors (Lipinski definition) is 0. The van der Waals surface area contributed by atoms with E-state index >= 15 is 0 Å². The molecule has 0 spiro atoms. The molecule has 4 heteroatoms. The number of rotatable bonds is 6. The Bertz CT molecular complexity index is 346. The van der Waals surface area contributed by atoms with Crippen molar-refractivity contribution in [2.24, 2.45) is 11.8 Å². The van der Waals surface area contributed by atoms with Gasteiger partial charge < -0.3 is 0 Å². The smallest absolute Gasteiger partial charge is 0.150 e. The molecule has 0 amide bonds. The van der Waals surface area contributed by atoms with Crippen molar-refractivity contribution in [3.05, 3.63) is 0 Å². The van der Waals surface area contributed by atoms with Gasteiger partial charge in [0.1, 0.15) is 15.6 Å². The lowest BCUT2D eigenvalue weighted by Crippen LogP contribution is -2.27. The van der Waals surface area contributed by atoms with Crippen LogP contribution >= 0.6 is 0 Å². The largest absolute Gasteiger partial charge is 0.299 e. The fraction of sp³-hybridized carbons (Fsp3) is 0.923. The minimum absolute atomic E-state index is 0.000307. The van der Waals surface area contributed by atoms with E-state index in [9.17, 15) is 13.2 Å². The SMILES string of the molecule is CCCS(=O)(=O)CCC1CC(CC)CCC1=O. The summed E-state index contributed by atoms with van der Waals surface area (Å²) in [5.41, 5.74) is 0. The van der Waals surface area contributed by atoms with Gasteiger partial charge >= 0.3 is 0 Å². The molecule has 2 atom stereocenters. The molecule has 1 saturated carbocycles. The molecular weight excluding hydrogens is 236 g/mol. The fourth-order valence-corrected chi connectivity index (χ4v) is 4.06. The van der Waals surface area contributed by atoms with Gasteiger partial charge in [-0.25, -0.2) is 8.42 Å². The molecule has 17 heavy (non-hydrogen) atoms. The minimum atomic E-state index is -2.93. The van der Waals surface area contributed by atoms with Gasteiger partial charge in [-0.05, 0) is 31.6 Å². The quantitative estimate of drug-likeness (QED) is 0.737. The van der Waals surface area contributed by atoms with Crippen molar-refractivity contribution in [2.45, 2.75) is 52.4 Å². The molecule has 3 nitrogen and oxygen atoms in total. The third-order valence-electron chi connectivity index (χ3n) is 3.74. The Labute approximate surface area is 105 Å². The predicted molar refractivity (Wildman–Crippen MR) is 69.7 cm³/mol. The van der Waals surface area contributed by atoms with Crippen molar-refractivity contribution in [3.63, 3.8) is 0 Å². The summed E-state index contributed by atoms with van der Waals surface area (Å²) in [5, 5.41) is 0. The van der Waals surface area contributed by atoms with Crippen LogP contribution in [0.15, 0.2) is 0 Å². The number of Topliss-reactive ketones (excluding diaryl/α,β-unsaturated/α-hetero) is 1. The van der Waals surface area contributed by atoms with Gasteiger partial charge in [0.25, 0.3) is 0 Å². The van der Waals surface area contributed by atoms with E-state index in [2.05, 4.69) is 6.92 Å². The molecule has 0 aliphatic heterocycles. The molecule has 0 heterocycles. The summed E-state index contributed by atoms with van der Waals surface area (Å²) in [7, 11) is -2.93. The normalized spacial score (nSPS) is 26.1. The molecule has 0 N–H and O–H groups in total. The minimum Gasteiger partial charge on any atom is -0.299 e. The first-order chi connectivity index (χ1) is 7.98. The highest BCUT2D eigenvalue weighted by atomic mass is 32.2. The Morgan fingerprint density at radius 2 is 1.94 bits per heavy atom. The molecule has 0 aromatic rings. The molecule has 0 bridgehead atoms. The zero-order valence-corrected chi connectivity index (χ0v) is 11.8. The van der Waals surface area contributed by atoms with Crippen molar-refractivity contribution >= 4 is 15.6 Å². The summed E-state index contributed by atoms with van der Waals surface area (Å²) in [6.07, 6.45) is 4.85. The highest BCUT2D eigenvalue weighted by molar-refractivity contribution is 7.91. The van der Waals surface area contributed by atoms with Gasteiger partial charge in [-0.3, -0.25) is 4.79 Å². The van der Waals surface area contributed by atoms with Crippen LogP contribution in [0.2, 0.25) is 0 Å². The van der Waals surface area contributed by atoms with Crippen LogP contribution in [0.1, 0.15) is 52.4 Å². The second kappa shape index (κ2) is 6.53. The van der Waals surface area contributed by atoms with Crippen molar-refractivity contribution in [3.8, 4) is 0 Å². The molecule has 1 rings (SSSR count). The maximum atomic E-state index is 11.7. The Hall–Kier alpha value is -0.380. The fourth-order valence-electron chi connectivity index (χ4n) is 2.59. The van der Waals surface area contributed by atoms with Crippen LogP contribution in [0.25, 0.3) is 0 Å². The molecule has 0 aromatic heterocycles. The monoisotopic (exact) mass is 260 g/mol. The van der Waals surface area contributed by atoms with Crippen LogP contribution < -0.4 is 0 Å². The average Bonchev–Trinajstić information content (AvgIpc) is 2.28. The highest BCUT2D eigenvalue weighted by Gasteiger charge is 2.28. The average molecular weight is 260 g/mol. The van der Waals surface area contributed by atoms with Crippen LogP contribution in [-0.4, -0.2) is 25.7 Å². The number of sulfone groups is 1. The maximum absolute atomic E-state index is 11.7. The van der Waals surface area contributed by atoms with Crippen LogP contribution in [0, 0.1) is 11.8 Å². The molecule has 1 aliphatic carbocycles. The summed E-state index contributed by atoms with van der Waals surface area (Å²) in [5.74, 6) is 1.34. The van der Waals surface area contributed by atoms with E-state index in [1.54, 1.807) is 0 Å². The summed E-state index contributed by atoms with van der Waals surface area (Å²) < 4.78 is 23.2. The van der Waals surface area contributed by atoms with Gasteiger partial charge in [0, 0.05) is 18.1 Å². The first-order valence-electron chi connectivity index (χ1n) is 6.71. The third kappa shape index (κ3) is 4.78. The zero-order valence-electron chi connectivity index (χ0n) is 10.9. The molecule has 1 aliphatic rings. The second-order valence-electron chi connectivity index (χ2n) is 5.15. The van der Waals surface area contributed by atoms with E-state index in [-0.39, 0.29) is 23.2 Å². The van der Waals surface area contributed by atoms with Crippen molar-refractivity contribution in [2.75, 3.05) is 11.5 Å². The Kier molecular flexibility index (Phi) is 5.63. The molecule has 100 valence electrons. The van der Waals surface area contributed by atoms with Crippen molar-refractivity contribution in [1.29, 1.82) is 0 Å². The highest BCUT2D eigenvalue weighted by Crippen LogP contribution is 2.30. The van der Waals surface area contributed by atoms with E-state index in [1.165, 1.54) is 0 Å². The standard InChI is InChI=1S/C13H24O3S/c1-3-8-17(15,16)9-7-12-10-11(4-2)5-6-13(12)14/h11-12H,3-10H2,1-2H3. The lowest BCUT2D eigenvalue weighted by Gasteiger charge is -2.27. The van der Waals surface area contributed by atoms with E-state index in [4.69, 9.17) is 0 Å². The van der Waals surface area contributed by atoms with Crippen LogP contribution in [-0.2, 0) is 14.6 Å². The second-order valence-corrected chi connectivity index (χ2v) is 7.46. The number of ketones is 1. The predicted octanol–water partition coefficient (Wildman–Crippen LogP) is 2.60. The number of hydrogen-bond acceptors (Lipinski definition) is 3. The lowest BCUT2D eigenvalue weighted by atomic mass is 9.78. The number of carbonyl (C=O) groups is 1. The summed E-state index contributed by atoms with van der Waals surface area (Å²) in [6, 6.07) is 0. The van der Waals surface area contributed by atoms with Crippen LogP contribution in [0.4, 0.5) is 0 Å². The molecule has 0 aromatic carbocycles. The Morgan fingerprint density at radius 3 is 2.53 bits per heavy atom. The van der Waals surface area contributed by atoms with E-state index in [0.717, 1.165) is 19.3 Å². The Morgan fingerprint density at radius 1 is 1.24 bits per heavy atom. The van der Waals surface area contributed by atoms with Gasteiger partial charge in [-0.1, -0.05) is 20.3 Å². The molecule has 1 fully saturated rings. The topological polar surface area (TPSA) is 51.2 Å². The van der Waals surface area contributed by atoms with Crippen LogP contribution in [0.5, 0.6) is 0 Å². The van der Waals surface area contributed by atoms with E-state index in [1.807, 2.05) is 6.92 Å². The molecule has 2 unspecified atom stereocenters. The van der Waals surface area contributed by atoms with Crippen molar-refractivity contribution in [1.82, 2.24) is 0 Å². The number of carbonyl (C=O) groups excluding carboxylic acids is 1. The first kappa shape index (κ1) is 14.7. The maximum Gasteiger partial charge on any atom is 0.150 e. The van der Waals surface area contributed by atoms with Gasteiger partial charge in [0.2, 0.25) is 0 Å². The van der Waals surface area contributed by atoms with E-state index < -0.39 is 9.84 Å². The summed E-state index contributed by atoms with van der Waals surface area (Å²) in [4.78, 5) is 11.7. The van der Waals surface area contributed by atoms with Gasteiger partial charge in [0.05, 0.1) is 5.75 Å². The van der Waals surface area contributed by atoms with Gasteiger partial charge in [-0.2, -0.15) is 0 Å². The third-order valence-corrected chi connectivity index (χ3v) is 5.63. The summed E-state index contributed by atoms with van der Waals surface area (Å²) in [6.45, 7) is 4.02. The van der Waals surface area contributed by atoms with E-state index in [0.29, 0.717) is 25.2 Å². The lowest BCUT2D eigenvalue weighted by molar-refractivity contribution is -0.125. The zero-order chi connectivity index (χ0) is 12.9. The van der Waals surface area contributed by atoms with Gasteiger partial charge in [0.15, 0.2) is 0 Å². The summed E-state index contributed by atoms with van der Waals surface area (Å²) >= 11 is 0. The van der Waals surface area contributed by atoms with Gasteiger partial charge in [-0.15, -0.1) is 0 Å². The molecule has 0 saturated heterocycles. The van der Waals surface area contributed by atoms with Crippen LogP contribution in [0.3, 0.4) is 0 Å². The first-order valence-corrected chi connectivity index (χ1v) is 8.53. The molecule has 0 radical (unpaired) electrons. The Balaban J connectivity index is 2.47.